The minimum absolute atomic E-state index is 0.0116. The first-order valence-corrected chi connectivity index (χ1v) is 4.08. The van der Waals surface area contributed by atoms with Crippen LogP contribution in [-0.4, -0.2) is 16.6 Å². The maximum Gasteiger partial charge on any atom is 0.223 e. The van der Waals surface area contributed by atoms with Crippen LogP contribution in [0, 0.1) is 5.82 Å². The van der Waals surface area contributed by atoms with Crippen molar-refractivity contribution in [3.05, 3.63) is 29.3 Å². The zero-order chi connectivity index (χ0) is 9.68. The molecule has 0 saturated carbocycles. The molecule has 70 valence electrons. The van der Waals surface area contributed by atoms with Crippen LogP contribution in [0.15, 0.2) is 12.5 Å². The van der Waals surface area contributed by atoms with Crippen molar-refractivity contribution in [2.45, 2.75) is 6.92 Å². The Bertz CT molecular complexity index is 317. The van der Waals surface area contributed by atoms with Gasteiger partial charge in [-0.2, -0.15) is 0 Å². The van der Waals surface area contributed by atoms with Gasteiger partial charge in [0.1, 0.15) is 5.69 Å². The van der Waals surface area contributed by atoms with Crippen molar-refractivity contribution in [1.82, 2.24) is 9.97 Å². The number of hydrogen-bond acceptors (Lipinski definition) is 3. The van der Waals surface area contributed by atoms with Gasteiger partial charge in [-0.25, -0.2) is 14.4 Å². The predicted molar refractivity (Wildman–Crippen MR) is 47.7 cm³/mol. The van der Waals surface area contributed by atoms with Gasteiger partial charge in [0, 0.05) is 6.08 Å². The van der Waals surface area contributed by atoms with Gasteiger partial charge in [0.15, 0.2) is 5.82 Å². The summed E-state index contributed by atoms with van der Waals surface area (Å²) in [4.78, 5) is 7.13. The lowest BCUT2D eigenvalue weighted by atomic mass is 10.4. The highest BCUT2D eigenvalue weighted by Gasteiger charge is 2.01. The maximum atomic E-state index is 12.9. The summed E-state index contributed by atoms with van der Waals surface area (Å²) in [7, 11) is 0. The van der Waals surface area contributed by atoms with Crippen LogP contribution in [0.25, 0.3) is 6.08 Å². The zero-order valence-corrected chi connectivity index (χ0v) is 7.75. The first-order valence-electron chi connectivity index (χ1n) is 3.70. The van der Waals surface area contributed by atoms with Gasteiger partial charge >= 0.3 is 0 Å². The molecule has 0 aliphatic heterocycles. The van der Waals surface area contributed by atoms with E-state index >= 15 is 0 Å². The van der Waals surface area contributed by atoms with Crippen molar-refractivity contribution in [1.29, 1.82) is 0 Å². The van der Waals surface area contributed by atoms with E-state index in [1.807, 2.05) is 6.92 Å². The first kappa shape index (κ1) is 9.92. The highest BCUT2D eigenvalue weighted by atomic mass is 35.5. The fraction of sp³-hybridized carbons (Fsp3) is 0.250. The van der Waals surface area contributed by atoms with E-state index in [0.717, 1.165) is 6.20 Å². The molecule has 1 heterocycles. The zero-order valence-electron chi connectivity index (χ0n) is 7.00. The summed E-state index contributed by atoms with van der Waals surface area (Å²) < 4.78 is 17.8. The standard InChI is InChI=1S/C8H8ClFN2O/c1-2-13-4-3-7-6(10)5-11-8(9)12-7/h3-5H,2H2,1H3/b4-3-. The minimum atomic E-state index is -0.527. The number of rotatable bonds is 3. The summed E-state index contributed by atoms with van der Waals surface area (Å²) in [6.45, 7) is 2.35. The molecule has 3 nitrogen and oxygen atoms in total. The third-order valence-electron chi connectivity index (χ3n) is 1.23. The first-order chi connectivity index (χ1) is 6.24. The Morgan fingerprint density at radius 1 is 1.69 bits per heavy atom. The highest BCUT2D eigenvalue weighted by Crippen LogP contribution is 2.08. The molecular weight excluding hydrogens is 195 g/mol. The average Bonchev–Trinajstić information content (AvgIpc) is 2.11. The molecule has 0 amide bonds. The number of halogens is 2. The lowest BCUT2D eigenvalue weighted by Crippen LogP contribution is -1.91. The fourth-order valence-corrected chi connectivity index (χ4v) is 0.823. The molecule has 0 aliphatic carbocycles. The van der Waals surface area contributed by atoms with Crippen LogP contribution in [0.4, 0.5) is 4.39 Å². The summed E-state index contributed by atoms with van der Waals surface area (Å²) in [6, 6.07) is 0. The normalized spacial score (nSPS) is 10.7. The molecule has 0 spiro atoms. The molecule has 0 bridgehead atoms. The molecule has 0 fully saturated rings. The average molecular weight is 203 g/mol. The third-order valence-corrected chi connectivity index (χ3v) is 1.41. The molecule has 0 aromatic carbocycles. The van der Waals surface area contributed by atoms with Gasteiger partial charge in [-0.15, -0.1) is 0 Å². The van der Waals surface area contributed by atoms with Crippen LogP contribution < -0.4 is 0 Å². The lowest BCUT2D eigenvalue weighted by molar-refractivity contribution is 0.272. The SMILES string of the molecule is CCO/C=C\c1nc(Cl)ncc1F. The molecule has 0 radical (unpaired) electrons. The van der Waals surface area contributed by atoms with Crippen LogP contribution in [0.3, 0.4) is 0 Å². The Morgan fingerprint density at radius 2 is 2.46 bits per heavy atom. The van der Waals surface area contributed by atoms with E-state index in [1.54, 1.807) is 0 Å². The molecule has 5 heteroatoms. The Kier molecular flexibility index (Phi) is 3.64. The third kappa shape index (κ3) is 2.99. The Balaban J connectivity index is 2.81. The molecule has 0 N–H and O–H groups in total. The molecule has 1 aromatic heterocycles. The van der Waals surface area contributed by atoms with E-state index in [4.69, 9.17) is 16.3 Å². The number of hydrogen-bond donors (Lipinski definition) is 0. The highest BCUT2D eigenvalue weighted by molar-refractivity contribution is 6.28. The quantitative estimate of drug-likeness (QED) is 0.557. The van der Waals surface area contributed by atoms with E-state index < -0.39 is 5.82 Å². The van der Waals surface area contributed by atoms with E-state index in [2.05, 4.69) is 9.97 Å². The van der Waals surface area contributed by atoms with Gasteiger partial charge in [0.05, 0.1) is 19.1 Å². The van der Waals surface area contributed by atoms with Crippen molar-refractivity contribution < 1.29 is 9.13 Å². The molecule has 0 aliphatic rings. The van der Waals surface area contributed by atoms with Crippen molar-refractivity contribution in [2.75, 3.05) is 6.61 Å². The lowest BCUT2D eigenvalue weighted by Gasteiger charge is -1.96. The van der Waals surface area contributed by atoms with E-state index in [-0.39, 0.29) is 11.0 Å². The molecule has 1 aromatic rings. The smallest absolute Gasteiger partial charge is 0.223 e. The minimum Gasteiger partial charge on any atom is -0.501 e. The number of nitrogens with zero attached hydrogens (tertiary/aromatic N) is 2. The summed E-state index contributed by atoms with van der Waals surface area (Å²) in [5, 5.41) is 0.0116. The van der Waals surface area contributed by atoms with E-state index in [0.29, 0.717) is 6.61 Å². The second-order valence-electron chi connectivity index (χ2n) is 2.13. The van der Waals surface area contributed by atoms with Crippen molar-refractivity contribution in [2.24, 2.45) is 0 Å². The fourth-order valence-electron chi connectivity index (χ4n) is 0.683. The monoisotopic (exact) mass is 202 g/mol. The molecular formula is C8H8ClFN2O. The predicted octanol–water partition coefficient (Wildman–Crippen LogP) is 2.28. The van der Waals surface area contributed by atoms with Crippen molar-refractivity contribution >= 4 is 17.7 Å². The van der Waals surface area contributed by atoms with Crippen LogP contribution in [-0.2, 0) is 4.74 Å². The van der Waals surface area contributed by atoms with Crippen LogP contribution >= 0.6 is 11.6 Å². The Labute approximate surface area is 80.2 Å². The Hall–Kier alpha value is -1.16. The van der Waals surface area contributed by atoms with Gasteiger partial charge in [-0.1, -0.05) is 0 Å². The van der Waals surface area contributed by atoms with Gasteiger partial charge < -0.3 is 4.74 Å². The molecule has 1 rings (SSSR count). The van der Waals surface area contributed by atoms with Crippen LogP contribution in [0.1, 0.15) is 12.6 Å². The Morgan fingerprint density at radius 3 is 3.15 bits per heavy atom. The van der Waals surface area contributed by atoms with Crippen molar-refractivity contribution in [3.63, 3.8) is 0 Å². The second kappa shape index (κ2) is 4.77. The molecule has 0 saturated heterocycles. The largest absolute Gasteiger partial charge is 0.501 e. The maximum absolute atomic E-state index is 12.9. The summed E-state index contributed by atoms with van der Waals surface area (Å²) in [6.07, 6.45) is 3.77. The van der Waals surface area contributed by atoms with Gasteiger partial charge in [-0.3, -0.25) is 0 Å². The summed E-state index contributed by atoms with van der Waals surface area (Å²) in [5.41, 5.74) is 0.119. The van der Waals surface area contributed by atoms with Gasteiger partial charge in [0.2, 0.25) is 5.28 Å². The molecule has 0 unspecified atom stereocenters. The van der Waals surface area contributed by atoms with Gasteiger partial charge in [0.25, 0.3) is 0 Å². The second-order valence-corrected chi connectivity index (χ2v) is 2.47. The molecule has 0 atom stereocenters. The van der Waals surface area contributed by atoms with Crippen LogP contribution in [0.2, 0.25) is 5.28 Å². The molecule has 13 heavy (non-hydrogen) atoms. The van der Waals surface area contributed by atoms with Crippen molar-refractivity contribution in [3.8, 4) is 0 Å². The summed E-state index contributed by atoms with van der Waals surface area (Å²) in [5.74, 6) is -0.527. The number of ether oxygens (including phenoxy) is 1. The topological polar surface area (TPSA) is 35.0 Å². The van der Waals surface area contributed by atoms with E-state index in [9.17, 15) is 4.39 Å². The summed E-state index contributed by atoms with van der Waals surface area (Å²) >= 11 is 5.47. The van der Waals surface area contributed by atoms with Gasteiger partial charge in [-0.05, 0) is 18.5 Å². The number of aromatic nitrogens is 2. The van der Waals surface area contributed by atoms with E-state index in [1.165, 1.54) is 12.3 Å². The van der Waals surface area contributed by atoms with Crippen LogP contribution in [0.5, 0.6) is 0 Å².